The summed E-state index contributed by atoms with van der Waals surface area (Å²) in [6, 6.07) is 30.4. The number of rotatable bonds is 15. The van der Waals surface area contributed by atoms with Crippen LogP contribution in [0.1, 0.15) is 67.3 Å². The highest BCUT2D eigenvalue weighted by Crippen LogP contribution is 2.27. The molecule has 0 saturated heterocycles. The van der Waals surface area contributed by atoms with Gasteiger partial charge in [-0.25, -0.2) is 8.42 Å². The molecule has 8 heteroatoms. The molecule has 0 heterocycles. The van der Waals surface area contributed by atoms with E-state index in [9.17, 15) is 18.0 Å². The van der Waals surface area contributed by atoms with Crippen molar-refractivity contribution in [3.63, 3.8) is 0 Å². The molecule has 0 spiro atoms. The molecule has 0 bridgehead atoms. The molecule has 248 valence electrons. The lowest BCUT2D eigenvalue weighted by molar-refractivity contribution is -0.140. The van der Waals surface area contributed by atoms with Gasteiger partial charge in [0.1, 0.15) is 12.6 Å². The Balaban J connectivity index is 1.80. The first-order valence-electron chi connectivity index (χ1n) is 16.4. The van der Waals surface area contributed by atoms with Crippen LogP contribution in [0.4, 0.5) is 5.69 Å². The van der Waals surface area contributed by atoms with Gasteiger partial charge in [-0.15, -0.1) is 0 Å². The topological polar surface area (TPSA) is 86.8 Å². The molecule has 2 amide bonds. The normalized spacial score (nSPS) is 12.0. The van der Waals surface area contributed by atoms with Crippen molar-refractivity contribution in [2.45, 2.75) is 77.3 Å². The highest BCUT2D eigenvalue weighted by Gasteiger charge is 2.34. The van der Waals surface area contributed by atoms with Crippen LogP contribution < -0.4 is 9.62 Å². The zero-order valence-corrected chi connectivity index (χ0v) is 29.0. The zero-order valence-electron chi connectivity index (χ0n) is 28.1. The van der Waals surface area contributed by atoms with Gasteiger partial charge >= 0.3 is 0 Å². The average molecular weight is 654 g/mol. The molecule has 0 radical (unpaired) electrons. The molecular weight excluding hydrogens is 607 g/mol. The van der Waals surface area contributed by atoms with Gasteiger partial charge in [0.15, 0.2) is 0 Å². The molecule has 47 heavy (non-hydrogen) atoms. The Labute approximate surface area is 280 Å². The zero-order chi connectivity index (χ0) is 34.0. The van der Waals surface area contributed by atoms with Crippen LogP contribution in [0.2, 0.25) is 0 Å². The van der Waals surface area contributed by atoms with Gasteiger partial charge in [-0.3, -0.25) is 13.9 Å². The maximum atomic E-state index is 14.7. The molecule has 0 aromatic heterocycles. The van der Waals surface area contributed by atoms with Crippen LogP contribution in [0.3, 0.4) is 0 Å². The van der Waals surface area contributed by atoms with Crippen molar-refractivity contribution in [2.24, 2.45) is 0 Å². The largest absolute Gasteiger partial charge is 0.354 e. The first kappa shape index (κ1) is 35.4. The van der Waals surface area contributed by atoms with E-state index < -0.39 is 28.5 Å². The third-order valence-electron chi connectivity index (χ3n) is 8.44. The second kappa shape index (κ2) is 16.4. The molecular formula is C39H47N3O4S. The van der Waals surface area contributed by atoms with Gasteiger partial charge in [0, 0.05) is 19.5 Å². The quantitative estimate of drug-likeness (QED) is 0.138. The summed E-state index contributed by atoms with van der Waals surface area (Å²) in [5, 5.41) is 3.04. The Morgan fingerprint density at radius 1 is 0.809 bits per heavy atom. The second-order valence-electron chi connectivity index (χ2n) is 12.4. The average Bonchev–Trinajstić information content (AvgIpc) is 3.06. The molecule has 1 unspecified atom stereocenters. The molecule has 4 rings (SSSR count). The molecule has 4 aromatic carbocycles. The van der Waals surface area contributed by atoms with Gasteiger partial charge < -0.3 is 10.2 Å². The Bertz CT molecular complexity index is 1720. The maximum Gasteiger partial charge on any atom is 0.264 e. The van der Waals surface area contributed by atoms with E-state index in [1.807, 2.05) is 80.6 Å². The third-order valence-corrected chi connectivity index (χ3v) is 10.2. The molecule has 4 aromatic rings. The summed E-state index contributed by atoms with van der Waals surface area (Å²) in [6.07, 6.45) is 2.01. The standard InChI is InChI=1S/C39H47N3O4S/c1-6-7-25-40-39(44)37(26-32-14-9-8-10-15-32)41(27-34-16-12-11-13-31(34)5)38(43)28-42(35-21-19-33(20-22-35)29(2)3)47(45,46)36-23-17-30(4)18-24-36/h8-24,29,37H,6-7,25-28H2,1-5H3,(H,40,44). The molecule has 0 aliphatic rings. The number of carbonyl (C=O) groups excluding carboxylic acids is 2. The number of anilines is 1. The monoisotopic (exact) mass is 653 g/mol. The highest BCUT2D eigenvalue weighted by molar-refractivity contribution is 7.92. The van der Waals surface area contributed by atoms with Crippen LogP contribution in [0.15, 0.2) is 108 Å². The van der Waals surface area contributed by atoms with Crippen LogP contribution in [0.25, 0.3) is 0 Å². The summed E-state index contributed by atoms with van der Waals surface area (Å²) in [6.45, 7) is 10.2. The van der Waals surface area contributed by atoms with Crippen molar-refractivity contribution in [1.82, 2.24) is 10.2 Å². The van der Waals surface area contributed by atoms with Gasteiger partial charge in [-0.05, 0) is 72.7 Å². The molecule has 0 aliphatic carbocycles. The minimum absolute atomic E-state index is 0.0902. The number of amides is 2. The number of carbonyl (C=O) groups is 2. The Hall–Kier alpha value is -4.43. The van der Waals surface area contributed by atoms with Gasteiger partial charge in [0.2, 0.25) is 11.8 Å². The minimum Gasteiger partial charge on any atom is -0.354 e. The fourth-order valence-electron chi connectivity index (χ4n) is 5.42. The van der Waals surface area contributed by atoms with E-state index in [0.717, 1.165) is 40.7 Å². The fraction of sp³-hybridized carbons (Fsp3) is 0.333. The number of aryl methyl sites for hydroxylation is 2. The number of nitrogens with zero attached hydrogens (tertiary/aromatic N) is 2. The summed E-state index contributed by atoms with van der Waals surface area (Å²) in [7, 11) is -4.15. The lowest BCUT2D eigenvalue weighted by Crippen LogP contribution is -2.53. The van der Waals surface area contributed by atoms with Crippen molar-refractivity contribution >= 4 is 27.5 Å². The maximum absolute atomic E-state index is 14.7. The summed E-state index contributed by atoms with van der Waals surface area (Å²) in [5.74, 6) is -0.482. The van der Waals surface area contributed by atoms with Gasteiger partial charge in [0.05, 0.1) is 10.6 Å². The molecule has 1 N–H and O–H groups in total. The first-order valence-corrected chi connectivity index (χ1v) is 17.8. The molecule has 0 aliphatic heterocycles. The van der Waals surface area contributed by atoms with E-state index in [1.165, 1.54) is 4.31 Å². The summed E-state index contributed by atoms with van der Waals surface area (Å²) < 4.78 is 29.7. The number of benzene rings is 4. The lowest BCUT2D eigenvalue weighted by atomic mass is 10.0. The second-order valence-corrected chi connectivity index (χ2v) is 14.2. The van der Waals surface area contributed by atoms with E-state index in [4.69, 9.17) is 0 Å². The molecule has 7 nitrogen and oxygen atoms in total. The van der Waals surface area contributed by atoms with Crippen LogP contribution >= 0.6 is 0 Å². The van der Waals surface area contributed by atoms with Crippen LogP contribution in [0, 0.1) is 13.8 Å². The summed E-state index contributed by atoms with van der Waals surface area (Å²) in [4.78, 5) is 30.2. The molecule has 0 saturated carbocycles. The van der Waals surface area contributed by atoms with Crippen LogP contribution in [-0.4, -0.2) is 44.3 Å². The predicted molar refractivity (Wildman–Crippen MR) is 190 cm³/mol. The van der Waals surface area contributed by atoms with Gasteiger partial charge in [0.25, 0.3) is 10.0 Å². The molecule has 1 atom stereocenters. The number of unbranched alkanes of at least 4 members (excludes halogenated alkanes) is 1. The SMILES string of the molecule is CCCCNC(=O)C(Cc1ccccc1)N(Cc1ccccc1C)C(=O)CN(c1ccc(C(C)C)cc1)S(=O)(=O)c1ccc(C)cc1. The van der Waals surface area contributed by atoms with Crippen LogP contribution in [0.5, 0.6) is 0 Å². The van der Waals surface area contributed by atoms with E-state index >= 15 is 0 Å². The van der Waals surface area contributed by atoms with Crippen molar-refractivity contribution in [3.05, 3.63) is 131 Å². The number of hydrogen-bond acceptors (Lipinski definition) is 4. The summed E-state index contributed by atoms with van der Waals surface area (Å²) >= 11 is 0. The third kappa shape index (κ3) is 9.32. The van der Waals surface area contributed by atoms with E-state index in [-0.39, 0.29) is 29.7 Å². The van der Waals surface area contributed by atoms with Crippen molar-refractivity contribution < 1.29 is 18.0 Å². The van der Waals surface area contributed by atoms with E-state index in [0.29, 0.717) is 12.2 Å². The number of hydrogen-bond donors (Lipinski definition) is 1. The number of nitrogens with one attached hydrogen (secondary N) is 1. The Morgan fingerprint density at radius 2 is 1.45 bits per heavy atom. The first-order chi connectivity index (χ1) is 22.5. The van der Waals surface area contributed by atoms with Crippen molar-refractivity contribution in [1.29, 1.82) is 0 Å². The number of sulfonamides is 1. The molecule has 0 fully saturated rings. The van der Waals surface area contributed by atoms with E-state index in [2.05, 4.69) is 26.1 Å². The van der Waals surface area contributed by atoms with Gasteiger partial charge in [-0.1, -0.05) is 112 Å². The Kier molecular flexibility index (Phi) is 12.4. The summed E-state index contributed by atoms with van der Waals surface area (Å²) in [5.41, 5.74) is 5.12. The predicted octanol–water partition coefficient (Wildman–Crippen LogP) is 7.18. The van der Waals surface area contributed by atoms with Crippen molar-refractivity contribution in [3.8, 4) is 0 Å². The van der Waals surface area contributed by atoms with E-state index in [1.54, 1.807) is 41.3 Å². The smallest absolute Gasteiger partial charge is 0.264 e. The Morgan fingerprint density at radius 3 is 2.06 bits per heavy atom. The van der Waals surface area contributed by atoms with Crippen molar-refractivity contribution in [2.75, 3.05) is 17.4 Å². The lowest BCUT2D eigenvalue weighted by Gasteiger charge is -2.34. The minimum atomic E-state index is -4.15. The van der Waals surface area contributed by atoms with Crippen LogP contribution in [-0.2, 0) is 32.6 Å². The van der Waals surface area contributed by atoms with Gasteiger partial charge in [-0.2, -0.15) is 0 Å². The highest BCUT2D eigenvalue weighted by atomic mass is 32.2. The fourth-order valence-corrected chi connectivity index (χ4v) is 6.84.